The fraction of sp³-hybridized carbons (Fsp3) is 0.909. The van der Waals surface area contributed by atoms with Crippen LogP contribution in [0.2, 0.25) is 0 Å². The van der Waals surface area contributed by atoms with Crippen molar-refractivity contribution in [3.63, 3.8) is 0 Å². The van der Waals surface area contributed by atoms with Gasteiger partial charge in [-0.05, 0) is 31.7 Å². The Morgan fingerprint density at radius 2 is 1.93 bits per heavy atom. The van der Waals surface area contributed by atoms with E-state index in [9.17, 15) is 4.79 Å². The fourth-order valence-electron chi connectivity index (χ4n) is 2.01. The quantitative estimate of drug-likeness (QED) is 0.711. The third-order valence-corrected chi connectivity index (χ3v) is 3.06. The highest BCUT2D eigenvalue weighted by molar-refractivity contribution is 5.77. The number of likely N-dealkylation sites (N-methyl/N-ethyl adjacent to an activating group) is 1. The summed E-state index contributed by atoms with van der Waals surface area (Å²) in [5.41, 5.74) is 0. The zero-order valence-electron chi connectivity index (χ0n) is 9.31. The molecule has 0 saturated heterocycles. The summed E-state index contributed by atoms with van der Waals surface area (Å²) in [6, 6.07) is 0. The predicted octanol–water partition coefficient (Wildman–Crippen LogP) is 1.15. The molecule has 3 nitrogen and oxygen atoms in total. The smallest absolute Gasteiger partial charge is 0.233 e. The highest BCUT2D eigenvalue weighted by Gasteiger charge is 2.18. The largest absolute Gasteiger partial charge is 0.355 e. The monoisotopic (exact) mass is 198 g/mol. The number of hydrogen-bond acceptors (Lipinski definition) is 2. The van der Waals surface area contributed by atoms with Crippen molar-refractivity contribution in [2.45, 2.75) is 32.6 Å². The third-order valence-electron chi connectivity index (χ3n) is 3.06. The number of carbonyl (C=O) groups excluding carboxylic acids is 1. The van der Waals surface area contributed by atoms with Crippen LogP contribution in [-0.2, 0) is 4.79 Å². The van der Waals surface area contributed by atoms with Crippen molar-refractivity contribution in [1.29, 1.82) is 0 Å². The molecule has 1 amide bonds. The van der Waals surface area contributed by atoms with Gasteiger partial charge in [0.05, 0.1) is 6.54 Å². The Hall–Kier alpha value is -0.570. The van der Waals surface area contributed by atoms with Crippen LogP contribution < -0.4 is 10.6 Å². The van der Waals surface area contributed by atoms with Crippen molar-refractivity contribution < 1.29 is 4.79 Å². The maximum absolute atomic E-state index is 11.2. The Kier molecular flexibility index (Phi) is 4.94. The first kappa shape index (κ1) is 11.5. The maximum Gasteiger partial charge on any atom is 0.233 e. The average Bonchev–Trinajstić information content (AvgIpc) is 2.17. The van der Waals surface area contributed by atoms with E-state index in [0.29, 0.717) is 12.5 Å². The molecule has 82 valence electrons. The van der Waals surface area contributed by atoms with E-state index in [0.717, 1.165) is 12.5 Å². The second-order valence-corrected chi connectivity index (χ2v) is 4.46. The van der Waals surface area contributed by atoms with Crippen LogP contribution in [0.25, 0.3) is 0 Å². The van der Waals surface area contributed by atoms with E-state index >= 15 is 0 Å². The summed E-state index contributed by atoms with van der Waals surface area (Å²) in [6.45, 7) is 3.62. The minimum atomic E-state index is 0.117. The summed E-state index contributed by atoms with van der Waals surface area (Å²) < 4.78 is 0. The Morgan fingerprint density at radius 3 is 2.50 bits per heavy atom. The Morgan fingerprint density at radius 1 is 1.29 bits per heavy atom. The van der Waals surface area contributed by atoms with Gasteiger partial charge in [0.2, 0.25) is 5.91 Å². The van der Waals surface area contributed by atoms with E-state index in [-0.39, 0.29) is 5.91 Å². The standard InChI is InChI=1S/C11H22N2O/c1-9-3-5-10(6-4-9)7-13-11(14)8-12-2/h9-10,12H,3-8H2,1-2H3,(H,13,14). The van der Waals surface area contributed by atoms with Crippen LogP contribution in [0.5, 0.6) is 0 Å². The van der Waals surface area contributed by atoms with Gasteiger partial charge in [0.25, 0.3) is 0 Å². The summed E-state index contributed by atoms with van der Waals surface area (Å²) in [6.07, 6.45) is 5.21. The first-order chi connectivity index (χ1) is 6.72. The molecule has 1 aliphatic carbocycles. The molecule has 0 atom stereocenters. The van der Waals surface area contributed by atoms with Crippen LogP contribution in [-0.4, -0.2) is 26.0 Å². The second-order valence-electron chi connectivity index (χ2n) is 4.46. The molecule has 0 spiro atoms. The zero-order chi connectivity index (χ0) is 10.4. The van der Waals surface area contributed by atoms with Crippen molar-refractivity contribution in [3.05, 3.63) is 0 Å². The molecule has 1 fully saturated rings. The Bertz CT molecular complexity index is 174. The number of rotatable bonds is 4. The molecule has 0 aromatic rings. The van der Waals surface area contributed by atoms with E-state index in [1.165, 1.54) is 25.7 Å². The van der Waals surface area contributed by atoms with Crippen molar-refractivity contribution in [1.82, 2.24) is 10.6 Å². The van der Waals surface area contributed by atoms with E-state index < -0.39 is 0 Å². The normalized spacial score (nSPS) is 27.3. The van der Waals surface area contributed by atoms with Gasteiger partial charge >= 0.3 is 0 Å². The number of amides is 1. The van der Waals surface area contributed by atoms with Gasteiger partial charge in [-0.25, -0.2) is 0 Å². The van der Waals surface area contributed by atoms with Gasteiger partial charge in [0, 0.05) is 6.54 Å². The van der Waals surface area contributed by atoms with Gasteiger partial charge in [0.1, 0.15) is 0 Å². The summed E-state index contributed by atoms with van der Waals surface area (Å²) >= 11 is 0. The molecule has 1 aliphatic rings. The van der Waals surface area contributed by atoms with Crippen molar-refractivity contribution in [3.8, 4) is 0 Å². The van der Waals surface area contributed by atoms with Gasteiger partial charge in [-0.2, -0.15) is 0 Å². The van der Waals surface area contributed by atoms with Gasteiger partial charge in [-0.3, -0.25) is 4.79 Å². The summed E-state index contributed by atoms with van der Waals surface area (Å²) in [5.74, 6) is 1.72. The van der Waals surface area contributed by atoms with Crippen LogP contribution in [0, 0.1) is 11.8 Å². The van der Waals surface area contributed by atoms with Gasteiger partial charge in [-0.15, -0.1) is 0 Å². The number of hydrogen-bond donors (Lipinski definition) is 2. The highest BCUT2D eigenvalue weighted by atomic mass is 16.1. The molecule has 14 heavy (non-hydrogen) atoms. The number of nitrogens with one attached hydrogen (secondary N) is 2. The third kappa shape index (κ3) is 4.09. The molecule has 0 heterocycles. The number of carbonyl (C=O) groups is 1. The fourth-order valence-corrected chi connectivity index (χ4v) is 2.01. The molecule has 3 heteroatoms. The van der Waals surface area contributed by atoms with E-state index in [1.807, 2.05) is 0 Å². The highest BCUT2D eigenvalue weighted by Crippen LogP contribution is 2.27. The van der Waals surface area contributed by atoms with Crippen LogP contribution in [0.4, 0.5) is 0 Å². The first-order valence-corrected chi connectivity index (χ1v) is 5.63. The molecule has 2 N–H and O–H groups in total. The minimum absolute atomic E-state index is 0.117. The molecular weight excluding hydrogens is 176 g/mol. The lowest BCUT2D eigenvalue weighted by molar-refractivity contribution is -0.120. The maximum atomic E-state index is 11.2. The SMILES string of the molecule is CNCC(=O)NCC1CCC(C)CC1. The van der Waals surface area contributed by atoms with Gasteiger partial charge in [0.15, 0.2) is 0 Å². The van der Waals surface area contributed by atoms with Gasteiger partial charge < -0.3 is 10.6 Å². The lowest BCUT2D eigenvalue weighted by atomic mass is 9.83. The first-order valence-electron chi connectivity index (χ1n) is 5.63. The molecule has 0 aliphatic heterocycles. The van der Waals surface area contributed by atoms with E-state index in [1.54, 1.807) is 7.05 Å². The molecular formula is C11H22N2O. The lowest BCUT2D eigenvalue weighted by Crippen LogP contribution is -2.36. The second kappa shape index (κ2) is 6.02. The Labute approximate surface area is 86.6 Å². The van der Waals surface area contributed by atoms with E-state index in [4.69, 9.17) is 0 Å². The molecule has 0 unspecified atom stereocenters. The summed E-state index contributed by atoms with van der Waals surface area (Å²) in [5, 5.41) is 5.82. The van der Waals surface area contributed by atoms with E-state index in [2.05, 4.69) is 17.6 Å². The lowest BCUT2D eigenvalue weighted by Gasteiger charge is -2.26. The van der Waals surface area contributed by atoms with Crippen LogP contribution in [0.3, 0.4) is 0 Å². The predicted molar refractivity (Wildman–Crippen MR) is 58.1 cm³/mol. The van der Waals surface area contributed by atoms with Crippen LogP contribution in [0.1, 0.15) is 32.6 Å². The average molecular weight is 198 g/mol. The molecule has 0 aromatic heterocycles. The molecule has 0 aromatic carbocycles. The van der Waals surface area contributed by atoms with Crippen LogP contribution >= 0.6 is 0 Å². The van der Waals surface area contributed by atoms with Crippen molar-refractivity contribution in [2.24, 2.45) is 11.8 Å². The minimum Gasteiger partial charge on any atom is -0.355 e. The molecule has 0 radical (unpaired) electrons. The molecule has 1 saturated carbocycles. The molecule has 1 rings (SSSR count). The Balaban J connectivity index is 2.09. The van der Waals surface area contributed by atoms with Gasteiger partial charge in [-0.1, -0.05) is 19.8 Å². The van der Waals surface area contributed by atoms with Crippen LogP contribution in [0.15, 0.2) is 0 Å². The summed E-state index contributed by atoms with van der Waals surface area (Å²) in [7, 11) is 1.79. The molecule has 0 bridgehead atoms. The summed E-state index contributed by atoms with van der Waals surface area (Å²) in [4.78, 5) is 11.2. The zero-order valence-corrected chi connectivity index (χ0v) is 9.31. The van der Waals surface area contributed by atoms with Crippen molar-refractivity contribution in [2.75, 3.05) is 20.1 Å². The van der Waals surface area contributed by atoms with Crippen molar-refractivity contribution >= 4 is 5.91 Å². The topological polar surface area (TPSA) is 41.1 Å².